The van der Waals surface area contributed by atoms with E-state index in [-0.39, 0.29) is 35.5 Å². The lowest BCUT2D eigenvalue weighted by Crippen LogP contribution is -2.58. The number of fused-ring (bicyclic) bond motifs is 1. The topological polar surface area (TPSA) is 81.2 Å². The molecule has 8 heteroatoms. The first-order valence-corrected chi connectivity index (χ1v) is 16.1. The van der Waals surface area contributed by atoms with Crippen LogP contribution >= 0.6 is 11.8 Å². The highest BCUT2D eigenvalue weighted by atomic mass is 32.2. The van der Waals surface area contributed by atoms with Crippen molar-refractivity contribution in [2.75, 3.05) is 26.2 Å². The molecule has 3 heterocycles. The van der Waals surface area contributed by atoms with Gasteiger partial charge in [-0.05, 0) is 30.7 Å². The van der Waals surface area contributed by atoms with E-state index >= 15 is 0 Å². The molecule has 1 spiro atoms. The zero-order valence-corrected chi connectivity index (χ0v) is 25.7. The molecule has 41 heavy (non-hydrogen) atoms. The Morgan fingerprint density at radius 3 is 2.44 bits per heavy atom. The molecule has 1 aromatic rings. The molecular weight excluding hydrogens is 534 g/mol. The third kappa shape index (κ3) is 5.74. The fourth-order valence-corrected chi connectivity index (χ4v) is 9.39. The van der Waals surface area contributed by atoms with Gasteiger partial charge in [0.25, 0.3) is 0 Å². The highest BCUT2D eigenvalue weighted by Gasteiger charge is 2.74. The summed E-state index contributed by atoms with van der Waals surface area (Å²) in [4.78, 5) is 48.7. The van der Waals surface area contributed by atoms with Gasteiger partial charge in [-0.1, -0.05) is 76.1 Å². The predicted molar refractivity (Wildman–Crippen MR) is 165 cm³/mol. The number of amides is 3. The molecule has 3 saturated heterocycles. The normalized spacial score (nSPS) is 27.8. The van der Waals surface area contributed by atoms with E-state index in [0.29, 0.717) is 32.6 Å². The van der Waals surface area contributed by atoms with Crippen molar-refractivity contribution >= 4 is 29.5 Å². The van der Waals surface area contributed by atoms with Crippen LogP contribution in [-0.2, 0) is 20.9 Å². The van der Waals surface area contributed by atoms with Crippen LogP contribution in [0.15, 0.2) is 55.6 Å². The lowest BCUT2D eigenvalue weighted by molar-refractivity contribution is -0.148. The van der Waals surface area contributed by atoms with E-state index in [1.807, 2.05) is 49.1 Å². The molecule has 2 bridgehead atoms. The summed E-state index contributed by atoms with van der Waals surface area (Å²) < 4.78 is -0.682. The summed E-state index contributed by atoms with van der Waals surface area (Å²) >= 11 is 1.69. The minimum absolute atomic E-state index is 0.00432. The zero-order valence-electron chi connectivity index (χ0n) is 24.9. The van der Waals surface area contributed by atoms with E-state index in [2.05, 4.69) is 20.1 Å². The van der Waals surface area contributed by atoms with E-state index in [1.165, 1.54) is 0 Å². The van der Waals surface area contributed by atoms with E-state index < -0.39 is 28.7 Å². The highest BCUT2D eigenvalue weighted by molar-refractivity contribution is 8.02. The molecule has 3 fully saturated rings. The number of unbranched alkanes of at least 4 members (excludes halogenated alkanes) is 1. The van der Waals surface area contributed by atoms with Crippen molar-refractivity contribution in [1.82, 2.24) is 14.7 Å². The minimum Gasteiger partial charge on any atom is -0.394 e. The number of hydrogen-bond acceptors (Lipinski definition) is 5. The van der Waals surface area contributed by atoms with Crippen LogP contribution in [0.2, 0.25) is 0 Å². The Labute approximate surface area is 250 Å². The van der Waals surface area contributed by atoms with Gasteiger partial charge >= 0.3 is 0 Å². The number of aliphatic hydroxyl groups is 1. The smallest absolute Gasteiger partial charge is 0.247 e. The molecule has 7 nitrogen and oxygen atoms in total. The highest BCUT2D eigenvalue weighted by Crippen LogP contribution is 2.67. The first kappa shape index (κ1) is 31.4. The number of nitrogens with zero attached hydrogens (tertiary/aromatic N) is 3. The van der Waals surface area contributed by atoms with Crippen molar-refractivity contribution in [3.63, 3.8) is 0 Å². The van der Waals surface area contributed by atoms with Gasteiger partial charge in [0.05, 0.1) is 29.2 Å². The standard InChI is InChI=1S/C33H47N3O4S/c1-6-10-20-34(18-7-2)32(40)29-33-17-16-26(41-33)27(28(33)31(39)36(29)25(22-37)23(5)9-4)30(38)35(19-8-3)21-24-14-12-11-13-15-24/h7-8,11-15,23,25-29,37H,2-3,6,9-10,16-22H2,1,4-5H3/t23-,25-,26-,27+,28-,29?,33?/m0/s1. The van der Waals surface area contributed by atoms with Crippen LogP contribution in [0.3, 0.4) is 0 Å². The number of carbonyl (C=O) groups is 3. The van der Waals surface area contributed by atoms with E-state index in [9.17, 15) is 19.5 Å². The van der Waals surface area contributed by atoms with Gasteiger partial charge in [-0.3, -0.25) is 14.4 Å². The molecule has 3 aliphatic heterocycles. The van der Waals surface area contributed by atoms with Crippen LogP contribution in [0.4, 0.5) is 0 Å². The summed E-state index contributed by atoms with van der Waals surface area (Å²) in [7, 11) is 0. The molecule has 0 aromatic heterocycles. The van der Waals surface area contributed by atoms with Crippen molar-refractivity contribution in [1.29, 1.82) is 0 Å². The van der Waals surface area contributed by atoms with Crippen LogP contribution < -0.4 is 0 Å². The summed E-state index contributed by atoms with van der Waals surface area (Å²) in [5, 5.41) is 10.6. The molecule has 3 amide bonds. The predicted octanol–water partition coefficient (Wildman–Crippen LogP) is 4.51. The zero-order chi connectivity index (χ0) is 29.7. The van der Waals surface area contributed by atoms with Gasteiger partial charge in [0.1, 0.15) is 6.04 Å². The second-order valence-corrected chi connectivity index (χ2v) is 13.5. The Bertz CT molecular complexity index is 1110. The van der Waals surface area contributed by atoms with E-state index in [4.69, 9.17) is 0 Å². The summed E-state index contributed by atoms with van der Waals surface area (Å²) in [6, 6.07) is 8.67. The molecular formula is C33H47N3O4S. The fourth-order valence-electron chi connectivity index (χ4n) is 7.20. The first-order chi connectivity index (χ1) is 19.8. The molecule has 2 unspecified atom stereocenters. The maximum Gasteiger partial charge on any atom is 0.247 e. The number of carbonyl (C=O) groups excluding carboxylic acids is 3. The molecule has 0 radical (unpaired) electrons. The largest absolute Gasteiger partial charge is 0.394 e. The fraction of sp³-hybridized carbons (Fsp3) is 0.606. The summed E-state index contributed by atoms with van der Waals surface area (Å²) in [6.07, 6.45) is 7.55. The van der Waals surface area contributed by atoms with E-state index in [1.54, 1.807) is 33.7 Å². The van der Waals surface area contributed by atoms with Crippen molar-refractivity contribution < 1.29 is 19.5 Å². The molecule has 4 rings (SSSR count). The van der Waals surface area contributed by atoms with Crippen LogP contribution in [-0.4, -0.2) is 85.8 Å². The Morgan fingerprint density at radius 1 is 1.15 bits per heavy atom. The van der Waals surface area contributed by atoms with Gasteiger partial charge in [0.2, 0.25) is 17.7 Å². The van der Waals surface area contributed by atoms with Gasteiger partial charge in [-0.25, -0.2) is 0 Å². The molecule has 0 saturated carbocycles. The van der Waals surface area contributed by atoms with Gasteiger partial charge in [0.15, 0.2) is 0 Å². The molecule has 1 aromatic carbocycles. The summed E-state index contributed by atoms with van der Waals surface area (Å²) in [5.41, 5.74) is 1.02. The number of aliphatic hydroxyl groups excluding tert-OH is 1. The number of benzene rings is 1. The van der Waals surface area contributed by atoms with Crippen LogP contribution in [0.5, 0.6) is 0 Å². The van der Waals surface area contributed by atoms with Crippen LogP contribution in [0.25, 0.3) is 0 Å². The number of thioether (sulfide) groups is 1. The maximum atomic E-state index is 14.6. The van der Waals surface area contributed by atoms with Crippen molar-refractivity contribution in [2.24, 2.45) is 17.8 Å². The Kier molecular flexibility index (Phi) is 10.4. The third-order valence-electron chi connectivity index (χ3n) is 9.42. The number of rotatable bonds is 15. The molecule has 0 aliphatic carbocycles. The van der Waals surface area contributed by atoms with Gasteiger partial charge < -0.3 is 19.8 Å². The maximum absolute atomic E-state index is 14.6. The molecule has 3 aliphatic rings. The lowest BCUT2D eigenvalue weighted by Gasteiger charge is -2.41. The van der Waals surface area contributed by atoms with Crippen LogP contribution in [0, 0.1) is 17.8 Å². The lowest BCUT2D eigenvalue weighted by atomic mass is 9.70. The monoisotopic (exact) mass is 581 g/mol. The Hall–Kier alpha value is -2.58. The van der Waals surface area contributed by atoms with Gasteiger partial charge in [0, 0.05) is 31.4 Å². The second-order valence-electron chi connectivity index (χ2n) is 11.9. The van der Waals surface area contributed by atoms with Crippen molar-refractivity contribution in [3.05, 3.63) is 61.2 Å². The van der Waals surface area contributed by atoms with Crippen molar-refractivity contribution in [3.8, 4) is 0 Å². The number of likely N-dealkylation sites (tertiary alicyclic amines) is 1. The Balaban J connectivity index is 1.75. The summed E-state index contributed by atoms with van der Waals surface area (Å²) in [5.74, 6) is -1.37. The average Bonchev–Trinajstić information content (AvgIpc) is 3.63. The quantitative estimate of drug-likeness (QED) is 0.308. The van der Waals surface area contributed by atoms with Gasteiger partial charge in [-0.15, -0.1) is 24.9 Å². The van der Waals surface area contributed by atoms with Gasteiger partial charge in [-0.2, -0.15) is 0 Å². The number of hydrogen-bond donors (Lipinski definition) is 1. The molecule has 1 N–H and O–H groups in total. The Morgan fingerprint density at radius 2 is 1.83 bits per heavy atom. The van der Waals surface area contributed by atoms with E-state index in [0.717, 1.165) is 31.2 Å². The van der Waals surface area contributed by atoms with Crippen molar-refractivity contribution in [2.45, 2.75) is 81.5 Å². The summed E-state index contributed by atoms with van der Waals surface area (Å²) in [6.45, 7) is 15.5. The first-order valence-electron chi connectivity index (χ1n) is 15.2. The molecule has 7 atom stereocenters. The molecule has 224 valence electrons. The third-order valence-corrected chi connectivity index (χ3v) is 11.4. The second kappa shape index (κ2) is 13.6. The van der Waals surface area contributed by atoms with Crippen LogP contribution in [0.1, 0.15) is 58.4 Å². The minimum atomic E-state index is -0.710. The SMILES string of the molecule is C=CCN(CCCC)C(=O)C1N([C@@H](CO)[C@@H](C)CC)C(=O)[C@@H]2[C@H](C(=O)N(CC=C)Cc3ccccc3)[C@@H]3CCC12S3. The average molecular weight is 582 g/mol.